The second-order valence-corrected chi connectivity index (χ2v) is 6.54. The van der Waals surface area contributed by atoms with Gasteiger partial charge in [0.05, 0.1) is 15.5 Å². The second kappa shape index (κ2) is 6.46. The van der Waals surface area contributed by atoms with Gasteiger partial charge in [-0.25, -0.2) is 9.37 Å². The number of alkyl halides is 1. The van der Waals surface area contributed by atoms with Crippen molar-refractivity contribution < 1.29 is 4.39 Å². The quantitative estimate of drug-likeness (QED) is 0.718. The lowest BCUT2D eigenvalue weighted by Crippen LogP contribution is -2.12. The summed E-state index contributed by atoms with van der Waals surface area (Å²) in [5, 5.41) is 0. The first-order valence-electron chi connectivity index (χ1n) is 5.99. The van der Waals surface area contributed by atoms with Crippen LogP contribution in [-0.2, 0) is 6.42 Å². The molecule has 0 saturated heterocycles. The van der Waals surface area contributed by atoms with Gasteiger partial charge in [0.25, 0.3) is 0 Å². The number of imidazole rings is 1. The molecule has 1 heterocycles. The monoisotopic (exact) mass is 364 g/mol. The number of aromatic nitrogens is 2. The van der Waals surface area contributed by atoms with Crippen LogP contribution in [0.4, 0.5) is 4.39 Å². The van der Waals surface area contributed by atoms with Gasteiger partial charge in [0.15, 0.2) is 0 Å². The summed E-state index contributed by atoms with van der Waals surface area (Å²) in [4.78, 5) is 4.58. The third-order valence-electron chi connectivity index (χ3n) is 2.97. The molecule has 19 heavy (non-hydrogen) atoms. The molecule has 0 spiro atoms. The molecule has 1 aromatic heterocycles. The first kappa shape index (κ1) is 15.1. The number of hydrogen-bond donors (Lipinski definition) is 0. The van der Waals surface area contributed by atoms with Crippen molar-refractivity contribution >= 4 is 50.3 Å². The molecule has 0 bridgehead atoms. The number of rotatable bonds is 5. The Morgan fingerprint density at radius 2 is 2.26 bits per heavy atom. The normalized spacial score (nSPS) is 13.1. The van der Waals surface area contributed by atoms with Gasteiger partial charge in [0.2, 0.25) is 0 Å². The van der Waals surface area contributed by atoms with Crippen molar-refractivity contribution in [2.75, 3.05) is 17.9 Å². The summed E-state index contributed by atoms with van der Waals surface area (Å²) in [6.07, 6.45) is 2.75. The fraction of sp³-hybridized carbons (Fsp3) is 0.462. The second-order valence-electron chi connectivity index (χ2n) is 4.40. The van der Waals surface area contributed by atoms with Crippen LogP contribution < -0.4 is 0 Å². The molecule has 0 radical (unpaired) electrons. The Morgan fingerprint density at radius 3 is 2.89 bits per heavy atom. The molecule has 2 rings (SSSR count). The number of benzene rings is 1. The lowest BCUT2D eigenvalue weighted by Gasteiger charge is -2.16. The van der Waals surface area contributed by atoms with Gasteiger partial charge in [-0.05, 0) is 35.2 Å². The van der Waals surface area contributed by atoms with Gasteiger partial charge in [-0.3, -0.25) is 0 Å². The minimum Gasteiger partial charge on any atom is -0.324 e. The summed E-state index contributed by atoms with van der Waals surface area (Å²) in [6, 6.07) is 3.53. The number of halogens is 3. The van der Waals surface area contributed by atoms with Crippen molar-refractivity contribution in [1.29, 1.82) is 0 Å². The number of aryl methyl sites for hydroxylation is 1. The highest BCUT2D eigenvalue weighted by Gasteiger charge is 2.17. The number of nitrogens with zero attached hydrogens (tertiary/aromatic N) is 2. The molecule has 2 aromatic rings. The molecule has 0 aliphatic carbocycles. The van der Waals surface area contributed by atoms with E-state index in [0.29, 0.717) is 16.8 Å². The Kier molecular flexibility index (Phi) is 5.15. The Hall–Kier alpha value is -0.260. The predicted molar refractivity (Wildman–Crippen MR) is 84.9 cm³/mol. The van der Waals surface area contributed by atoms with Crippen LogP contribution in [0.5, 0.6) is 0 Å². The third kappa shape index (κ3) is 3.09. The molecule has 0 saturated carbocycles. The molecular formula is C13H15BrClFN2S. The summed E-state index contributed by atoms with van der Waals surface area (Å²) >= 11 is 10.8. The van der Waals surface area contributed by atoms with Gasteiger partial charge in [-0.1, -0.05) is 0 Å². The van der Waals surface area contributed by atoms with E-state index in [2.05, 4.69) is 38.7 Å². The van der Waals surface area contributed by atoms with Crippen molar-refractivity contribution in [1.82, 2.24) is 9.55 Å². The van der Waals surface area contributed by atoms with E-state index >= 15 is 0 Å². The van der Waals surface area contributed by atoms with Gasteiger partial charge in [-0.2, -0.15) is 11.8 Å². The highest BCUT2D eigenvalue weighted by molar-refractivity contribution is 9.10. The van der Waals surface area contributed by atoms with Crippen molar-refractivity contribution in [2.24, 2.45) is 0 Å². The molecule has 1 aromatic carbocycles. The van der Waals surface area contributed by atoms with E-state index in [1.54, 1.807) is 23.9 Å². The Morgan fingerprint density at radius 1 is 1.53 bits per heavy atom. The van der Waals surface area contributed by atoms with Crippen LogP contribution in [0.2, 0.25) is 0 Å². The minimum absolute atomic E-state index is 0.262. The smallest absolute Gasteiger partial charge is 0.139 e. The van der Waals surface area contributed by atoms with Gasteiger partial charge in [-0.15, -0.1) is 11.6 Å². The molecule has 1 atom stereocenters. The van der Waals surface area contributed by atoms with Crippen molar-refractivity contribution in [3.8, 4) is 0 Å². The molecule has 2 nitrogen and oxygen atoms in total. The molecule has 0 N–H and O–H groups in total. The standard InChI is InChI=1S/C13H15BrClFN2S/c1-8(7-19-2)18-12-6-10(16)9(14)5-11(12)17-13(18)3-4-15/h5-6,8H,3-4,7H2,1-2H3. The van der Waals surface area contributed by atoms with E-state index in [9.17, 15) is 4.39 Å². The first-order valence-corrected chi connectivity index (χ1v) is 8.71. The highest BCUT2D eigenvalue weighted by atomic mass is 79.9. The van der Waals surface area contributed by atoms with Crippen LogP contribution in [0.25, 0.3) is 11.0 Å². The topological polar surface area (TPSA) is 17.8 Å². The van der Waals surface area contributed by atoms with E-state index in [4.69, 9.17) is 11.6 Å². The van der Waals surface area contributed by atoms with E-state index in [-0.39, 0.29) is 11.9 Å². The van der Waals surface area contributed by atoms with E-state index < -0.39 is 0 Å². The van der Waals surface area contributed by atoms with E-state index in [1.165, 1.54) is 0 Å². The fourth-order valence-corrected chi connectivity index (χ4v) is 3.34. The number of thioether (sulfide) groups is 1. The molecule has 1 unspecified atom stereocenters. The van der Waals surface area contributed by atoms with E-state index in [1.807, 2.05) is 0 Å². The molecule has 0 amide bonds. The van der Waals surface area contributed by atoms with Crippen LogP contribution in [0, 0.1) is 5.82 Å². The fourth-order valence-electron chi connectivity index (χ4n) is 2.21. The summed E-state index contributed by atoms with van der Waals surface area (Å²) in [7, 11) is 0. The molecule has 0 aliphatic rings. The lowest BCUT2D eigenvalue weighted by atomic mass is 10.2. The van der Waals surface area contributed by atoms with Crippen LogP contribution >= 0.6 is 39.3 Å². The summed E-state index contributed by atoms with van der Waals surface area (Å²) in [5.74, 6) is 2.13. The Labute approximate surface area is 129 Å². The van der Waals surface area contributed by atoms with Crippen molar-refractivity contribution in [2.45, 2.75) is 19.4 Å². The zero-order chi connectivity index (χ0) is 14.0. The molecular weight excluding hydrogens is 351 g/mol. The van der Waals surface area contributed by atoms with Gasteiger partial charge in [0.1, 0.15) is 11.6 Å². The van der Waals surface area contributed by atoms with Crippen LogP contribution in [-0.4, -0.2) is 27.4 Å². The number of fused-ring (bicyclic) bond motifs is 1. The molecule has 6 heteroatoms. The van der Waals surface area contributed by atoms with Crippen molar-refractivity contribution in [3.05, 3.63) is 28.2 Å². The largest absolute Gasteiger partial charge is 0.324 e. The highest BCUT2D eigenvalue weighted by Crippen LogP contribution is 2.28. The van der Waals surface area contributed by atoms with Crippen LogP contribution in [0.15, 0.2) is 16.6 Å². The van der Waals surface area contributed by atoms with Gasteiger partial charge >= 0.3 is 0 Å². The average Bonchev–Trinajstić information content (AvgIpc) is 2.68. The van der Waals surface area contributed by atoms with E-state index in [0.717, 1.165) is 22.6 Å². The van der Waals surface area contributed by atoms with Gasteiger partial charge in [0, 0.05) is 30.2 Å². The molecule has 104 valence electrons. The molecule has 0 aliphatic heterocycles. The zero-order valence-corrected chi connectivity index (χ0v) is 13.9. The Balaban J connectivity index is 2.61. The number of hydrogen-bond acceptors (Lipinski definition) is 2. The maximum atomic E-state index is 13.8. The summed E-state index contributed by atoms with van der Waals surface area (Å²) in [5.41, 5.74) is 1.64. The summed E-state index contributed by atoms with van der Waals surface area (Å²) in [6.45, 7) is 2.12. The van der Waals surface area contributed by atoms with Crippen molar-refractivity contribution in [3.63, 3.8) is 0 Å². The first-order chi connectivity index (χ1) is 9.08. The van der Waals surface area contributed by atoms with Crippen LogP contribution in [0.1, 0.15) is 18.8 Å². The average molecular weight is 366 g/mol. The predicted octanol–water partition coefficient (Wildman–Crippen LogP) is 4.64. The maximum absolute atomic E-state index is 13.8. The van der Waals surface area contributed by atoms with Crippen LogP contribution in [0.3, 0.4) is 0 Å². The Bertz CT molecular complexity index is 588. The van der Waals surface area contributed by atoms with Gasteiger partial charge < -0.3 is 4.57 Å². The third-order valence-corrected chi connectivity index (χ3v) is 4.58. The molecule has 0 fully saturated rings. The zero-order valence-electron chi connectivity index (χ0n) is 10.8. The summed E-state index contributed by atoms with van der Waals surface area (Å²) < 4.78 is 16.3. The maximum Gasteiger partial charge on any atom is 0.139 e. The SMILES string of the molecule is CSCC(C)n1c(CCCl)nc2cc(Br)c(F)cc21. The minimum atomic E-state index is -0.262. The lowest BCUT2D eigenvalue weighted by molar-refractivity contribution is 0.592.